The summed E-state index contributed by atoms with van der Waals surface area (Å²) in [7, 11) is 1.19. The van der Waals surface area contributed by atoms with Gasteiger partial charge < -0.3 is 27.9 Å². The minimum Gasteiger partial charge on any atom is -0.756 e. The molecule has 410 valence electrons. The van der Waals surface area contributed by atoms with Crippen molar-refractivity contribution >= 4 is 19.8 Å². The van der Waals surface area contributed by atoms with Crippen molar-refractivity contribution in [2.75, 3.05) is 47.5 Å². The standard InChI is InChI=1S/C59H116NO8P/c1-6-8-10-12-14-16-18-20-21-22-23-24-25-26-27-28-29-30-31-32-33-34-35-36-37-38-39-40-42-44-46-48-50-52-59(62)68-57(56-67-69(63,64)66-54-53-60(3,4)5)55-65-58(61)51-49-47-45-43-41-19-17-15-13-11-9-7-2/h22-23,57H,6-21,24-56H2,1-5H3/b23-22-. The molecule has 0 radical (unpaired) electrons. The van der Waals surface area contributed by atoms with E-state index in [-0.39, 0.29) is 32.0 Å². The van der Waals surface area contributed by atoms with E-state index in [4.69, 9.17) is 18.5 Å². The summed E-state index contributed by atoms with van der Waals surface area (Å²) in [4.78, 5) is 37.7. The molecule has 0 spiro atoms. The van der Waals surface area contributed by atoms with Crippen LogP contribution in [0.15, 0.2) is 12.2 Å². The summed E-state index contributed by atoms with van der Waals surface area (Å²) in [6.45, 7) is 4.28. The van der Waals surface area contributed by atoms with Gasteiger partial charge >= 0.3 is 11.9 Å². The lowest BCUT2D eigenvalue weighted by Gasteiger charge is -2.28. The second-order valence-electron chi connectivity index (χ2n) is 21.7. The number of rotatable bonds is 56. The van der Waals surface area contributed by atoms with Crippen LogP contribution in [-0.4, -0.2) is 70.0 Å². The number of ether oxygens (including phenoxy) is 2. The molecule has 0 N–H and O–H groups in total. The van der Waals surface area contributed by atoms with Gasteiger partial charge in [0.05, 0.1) is 27.7 Å². The fourth-order valence-corrected chi connectivity index (χ4v) is 9.62. The zero-order valence-corrected chi connectivity index (χ0v) is 47.4. The first-order valence-corrected chi connectivity index (χ1v) is 31.4. The lowest BCUT2D eigenvalue weighted by Crippen LogP contribution is -2.37. The maximum absolute atomic E-state index is 12.8. The van der Waals surface area contributed by atoms with Crippen molar-refractivity contribution in [3.05, 3.63) is 12.2 Å². The molecule has 0 amide bonds. The van der Waals surface area contributed by atoms with E-state index in [2.05, 4.69) is 26.0 Å². The molecule has 0 bridgehead atoms. The summed E-state index contributed by atoms with van der Waals surface area (Å²) in [5.41, 5.74) is 0. The summed E-state index contributed by atoms with van der Waals surface area (Å²) in [6, 6.07) is 0. The van der Waals surface area contributed by atoms with Crippen LogP contribution in [0, 0.1) is 0 Å². The molecule has 2 atom stereocenters. The highest BCUT2D eigenvalue weighted by atomic mass is 31.2. The average Bonchev–Trinajstić information content (AvgIpc) is 3.31. The molecule has 0 saturated heterocycles. The van der Waals surface area contributed by atoms with Crippen molar-refractivity contribution in [1.29, 1.82) is 0 Å². The fourth-order valence-electron chi connectivity index (χ4n) is 8.89. The number of hydrogen-bond acceptors (Lipinski definition) is 8. The number of carbonyl (C=O) groups excluding carboxylic acids is 2. The Labute approximate surface area is 428 Å². The Bertz CT molecular complexity index is 1180. The topological polar surface area (TPSA) is 111 Å². The lowest BCUT2D eigenvalue weighted by molar-refractivity contribution is -0.870. The molecule has 0 aromatic carbocycles. The van der Waals surface area contributed by atoms with Crippen LogP contribution in [-0.2, 0) is 32.7 Å². The Hall–Kier alpha value is -1.25. The summed E-state index contributed by atoms with van der Waals surface area (Å²) in [6.07, 6.45) is 60.0. The van der Waals surface area contributed by atoms with E-state index in [1.807, 2.05) is 21.1 Å². The van der Waals surface area contributed by atoms with E-state index < -0.39 is 26.5 Å². The van der Waals surface area contributed by atoms with Crippen molar-refractivity contribution < 1.29 is 42.1 Å². The van der Waals surface area contributed by atoms with Gasteiger partial charge in [-0.15, -0.1) is 0 Å². The van der Waals surface area contributed by atoms with Gasteiger partial charge in [-0.05, 0) is 38.5 Å². The third-order valence-corrected chi connectivity index (χ3v) is 14.5. The van der Waals surface area contributed by atoms with Crippen LogP contribution in [0.4, 0.5) is 0 Å². The second-order valence-corrected chi connectivity index (χ2v) is 23.1. The molecule has 0 rings (SSSR count). The minimum atomic E-state index is -4.62. The smallest absolute Gasteiger partial charge is 0.306 e. The molecule has 69 heavy (non-hydrogen) atoms. The number of phosphoric acid groups is 1. The fraction of sp³-hybridized carbons (Fsp3) is 0.932. The van der Waals surface area contributed by atoms with Gasteiger partial charge in [0.1, 0.15) is 19.8 Å². The highest BCUT2D eigenvalue weighted by Crippen LogP contribution is 2.38. The molecule has 0 aromatic heterocycles. The first-order chi connectivity index (χ1) is 33.5. The molecular weight excluding hydrogens is 882 g/mol. The Morgan fingerprint density at radius 3 is 1.07 bits per heavy atom. The van der Waals surface area contributed by atoms with Gasteiger partial charge in [-0.3, -0.25) is 14.2 Å². The number of likely N-dealkylation sites (N-methyl/N-ethyl adjacent to an activating group) is 1. The van der Waals surface area contributed by atoms with Crippen LogP contribution >= 0.6 is 7.82 Å². The molecule has 2 unspecified atom stereocenters. The van der Waals surface area contributed by atoms with Crippen LogP contribution in [0.25, 0.3) is 0 Å². The van der Waals surface area contributed by atoms with Crippen molar-refractivity contribution in [2.45, 2.75) is 309 Å². The third kappa shape index (κ3) is 55.9. The van der Waals surface area contributed by atoms with Crippen molar-refractivity contribution in [3.8, 4) is 0 Å². The molecule has 10 heteroatoms. The van der Waals surface area contributed by atoms with E-state index in [0.717, 1.165) is 32.1 Å². The Balaban J connectivity index is 3.93. The van der Waals surface area contributed by atoms with Gasteiger partial charge in [0.15, 0.2) is 6.10 Å². The van der Waals surface area contributed by atoms with Crippen LogP contribution in [0.3, 0.4) is 0 Å². The highest BCUT2D eigenvalue weighted by molar-refractivity contribution is 7.45. The number of nitrogens with zero attached hydrogens (tertiary/aromatic N) is 1. The summed E-state index contributed by atoms with van der Waals surface area (Å²) in [5, 5.41) is 0. The van der Waals surface area contributed by atoms with Crippen LogP contribution < -0.4 is 4.89 Å². The SMILES string of the molecule is CCCCCCCCCC/C=C\CCCCCCCCCCCCCCCCCCCCCCCC(=O)OC(COC(=O)CCCCCCCCCCCCCC)COP(=O)([O-])OCC[N+](C)(C)C. The zero-order valence-electron chi connectivity index (χ0n) is 46.5. The molecule has 9 nitrogen and oxygen atoms in total. The number of hydrogen-bond donors (Lipinski definition) is 0. The Kier molecular flexibility index (Phi) is 50.7. The van der Waals surface area contributed by atoms with Gasteiger partial charge in [0.25, 0.3) is 7.82 Å². The van der Waals surface area contributed by atoms with E-state index in [0.29, 0.717) is 17.4 Å². The Morgan fingerprint density at radius 2 is 0.739 bits per heavy atom. The molecule has 0 fully saturated rings. The molecule has 0 aliphatic rings. The van der Waals surface area contributed by atoms with E-state index >= 15 is 0 Å². The largest absolute Gasteiger partial charge is 0.756 e. The van der Waals surface area contributed by atoms with Gasteiger partial charge in [-0.1, -0.05) is 264 Å². The molecule has 0 heterocycles. The van der Waals surface area contributed by atoms with Crippen molar-refractivity contribution in [3.63, 3.8) is 0 Å². The highest BCUT2D eigenvalue weighted by Gasteiger charge is 2.22. The van der Waals surface area contributed by atoms with Crippen LogP contribution in [0.5, 0.6) is 0 Å². The van der Waals surface area contributed by atoms with Crippen molar-refractivity contribution in [2.24, 2.45) is 0 Å². The number of allylic oxidation sites excluding steroid dienone is 2. The predicted molar refractivity (Wildman–Crippen MR) is 292 cm³/mol. The van der Waals surface area contributed by atoms with Gasteiger partial charge in [0.2, 0.25) is 0 Å². The van der Waals surface area contributed by atoms with E-state index in [1.165, 1.54) is 238 Å². The maximum Gasteiger partial charge on any atom is 0.306 e. The molecule has 0 aliphatic carbocycles. The predicted octanol–water partition coefficient (Wildman–Crippen LogP) is 17.8. The normalized spacial score (nSPS) is 13.3. The second kappa shape index (κ2) is 51.6. The average molecular weight is 999 g/mol. The third-order valence-electron chi connectivity index (χ3n) is 13.5. The lowest BCUT2D eigenvalue weighted by atomic mass is 10.0. The van der Waals surface area contributed by atoms with E-state index in [1.54, 1.807) is 0 Å². The monoisotopic (exact) mass is 998 g/mol. The molecular formula is C59H116NO8P. The Morgan fingerprint density at radius 1 is 0.435 bits per heavy atom. The van der Waals surface area contributed by atoms with Gasteiger partial charge in [-0.2, -0.15) is 0 Å². The first kappa shape index (κ1) is 67.8. The van der Waals surface area contributed by atoms with Gasteiger partial charge in [-0.25, -0.2) is 0 Å². The zero-order chi connectivity index (χ0) is 50.6. The van der Waals surface area contributed by atoms with Gasteiger partial charge in [0, 0.05) is 12.8 Å². The summed E-state index contributed by atoms with van der Waals surface area (Å²) < 4.78 is 34.1. The summed E-state index contributed by atoms with van der Waals surface area (Å²) in [5.74, 6) is -0.815. The molecule has 0 aliphatic heterocycles. The van der Waals surface area contributed by atoms with E-state index in [9.17, 15) is 19.0 Å². The quantitative estimate of drug-likeness (QED) is 0.0195. The van der Waals surface area contributed by atoms with Crippen molar-refractivity contribution in [1.82, 2.24) is 0 Å². The first-order valence-electron chi connectivity index (χ1n) is 29.9. The number of carbonyl (C=O) groups is 2. The minimum absolute atomic E-state index is 0.0263. The van der Waals surface area contributed by atoms with Crippen LogP contribution in [0.1, 0.15) is 303 Å². The number of quaternary nitrogens is 1. The number of phosphoric ester groups is 1. The summed E-state index contributed by atoms with van der Waals surface area (Å²) >= 11 is 0. The molecule has 0 saturated carbocycles. The molecule has 0 aromatic rings. The van der Waals surface area contributed by atoms with Crippen LogP contribution in [0.2, 0.25) is 0 Å². The number of esters is 2. The number of unbranched alkanes of at least 4 members (excludes halogenated alkanes) is 40. The maximum atomic E-state index is 12.8.